The van der Waals surface area contributed by atoms with Gasteiger partial charge < -0.3 is 10.3 Å². The molecule has 2 N–H and O–H groups in total. The summed E-state index contributed by atoms with van der Waals surface area (Å²) in [6, 6.07) is 13.2. The number of anilines is 1. The summed E-state index contributed by atoms with van der Waals surface area (Å²) < 4.78 is 1.52. The van der Waals surface area contributed by atoms with E-state index < -0.39 is 4.92 Å². The number of non-ortho nitro benzene ring substituents is 1. The van der Waals surface area contributed by atoms with Crippen LogP contribution in [0.2, 0.25) is 0 Å². The van der Waals surface area contributed by atoms with Crippen molar-refractivity contribution in [2.24, 2.45) is 0 Å². The van der Waals surface area contributed by atoms with Gasteiger partial charge in [-0.15, -0.1) is 0 Å². The van der Waals surface area contributed by atoms with Crippen molar-refractivity contribution in [2.45, 2.75) is 18.6 Å². The van der Waals surface area contributed by atoms with Crippen molar-refractivity contribution in [2.75, 3.05) is 11.1 Å². The fourth-order valence-electron chi connectivity index (χ4n) is 3.19. The summed E-state index contributed by atoms with van der Waals surface area (Å²) in [4.78, 5) is 43.4. The quantitative estimate of drug-likeness (QED) is 0.212. The van der Waals surface area contributed by atoms with Gasteiger partial charge in [0, 0.05) is 35.3 Å². The molecule has 9 nitrogen and oxygen atoms in total. The maximum absolute atomic E-state index is 12.9. The number of benzene rings is 2. The molecule has 2 aromatic carbocycles. The number of nitrogens with zero attached hydrogens (tertiary/aromatic N) is 3. The lowest BCUT2D eigenvalue weighted by atomic mass is 10.2. The first-order valence-electron chi connectivity index (χ1n) is 9.16. The molecule has 0 bridgehead atoms. The Balaban J connectivity index is 1.59. The monoisotopic (exact) mass is 423 g/mol. The van der Waals surface area contributed by atoms with Gasteiger partial charge in [0.25, 0.3) is 11.2 Å². The van der Waals surface area contributed by atoms with E-state index in [1.54, 1.807) is 6.07 Å². The molecule has 152 valence electrons. The molecule has 0 unspecified atom stereocenters. The smallest absolute Gasteiger partial charge is 0.278 e. The van der Waals surface area contributed by atoms with Gasteiger partial charge in [-0.05, 0) is 19.1 Å². The maximum Gasteiger partial charge on any atom is 0.278 e. The summed E-state index contributed by atoms with van der Waals surface area (Å²) in [6.45, 7) is 2.25. The normalized spacial score (nSPS) is 11.1. The molecule has 0 saturated carbocycles. The number of aromatic nitrogens is 3. The Labute approximate surface area is 174 Å². The van der Waals surface area contributed by atoms with E-state index in [4.69, 9.17) is 0 Å². The summed E-state index contributed by atoms with van der Waals surface area (Å²) >= 11 is 1.14. The van der Waals surface area contributed by atoms with Gasteiger partial charge in [-0.3, -0.25) is 24.3 Å². The number of hydrogen-bond acceptors (Lipinski definition) is 6. The molecule has 0 spiro atoms. The molecule has 30 heavy (non-hydrogen) atoms. The fourth-order valence-corrected chi connectivity index (χ4v) is 4.05. The average molecular weight is 423 g/mol. The van der Waals surface area contributed by atoms with Crippen molar-refractivity contribution < 1.29 is 9.72 Å². The first-order chi connectivity index (χ1) is 14.5. The van der Waals surface area contributed by atoms with Crippen molar-refractivity contribution in [3.8, 4) is 0 Å². The first-order valence-corrected chi connectivity index (χ1v) is 10.1. The number of para-hydroxylation sites is 1. The Morgan fingerprint density at radius 1 is 1.27 bits per heavy atom. The number of fused-ring (bicyclic) bond motifs is 3. The molecule has 10 heteroatoms. The number of carbonyl (C=O) groups is 1. The molecule has 0 aliphatic heterocycles. The van der Waals surface area contributed by atoms with E-state index in [2.05, 4.69) is 15.3 Å². The second kappa shape index (κ2) is 7.99. The fraction of sp³-hybridized carbons (Fsp3) is 0.150. The predicted molar refractivity (Wildman–Crippen MR) is 116 cm³/mol. The minimum Gasteiger partial charge on any atom is -0.349 e. The molecule has 0 atom stereocenters. The number of aromatic amines is 1. The zero-order chi connectivity index (χ0) is 21.3. The van der Waals surface area contributed by atoms with Crippen molar-refractivity contribution >= 4 is 51.0 Å². The van der Waals surface area contributed by atoms with E-state index in [0.717, 1.165) is 22.7 Å². The molecule has 2 heterocycles. The molecular weight excluding hydrogens is 406 g/mol. The molecule has 0 aliphatic rings. The van der Waals surface area contributed by atoms with Crippen LogP contribution in [-0.2, 0) is 11.3 Å². The molecule has 1 amide bonds. The van der Waals surface area contributed by atoms with E-state index in [1.165, 1.54) is 22.8 Å². The first kappa shape index (κ1) is 19.6. The van der Waals surface area contributed by atoms with Crippen LogP contribution < -0.4 is 10.9 Å². The number of thioether (sulfide) groups is 1. The molecule has 0 fully saturated rings. The van der Waals surface area contributed by atoms with E-state index in [0.29, 0.717) is 28.4 Å². The number of nitro groups is 1. The topological polar surface area (TPSA) is 123 Å². The van der Waals surface area contributed by atoms with Crippen LogP contribution in [0.15, 0.2) is 58.5 Å². The minimum atomic E-state index is -0.523. The second-order valence-electron chi connectivity index (χ2n) is 6.48. The van der Waals surface area contributed by atoms with Gasteiger partial charge in [0.1, 0.15) is 11.0 Å². The summed E-state index contributed by atoms with van der Waals surface area (Å²) in [7, 11) is 0. The number of amides is 1. The van der Waals surface area contributed by atoms with Crippen LogP contribution in [0, 0.1) is 10.1 Å². The highest BCUT2D eigenvalue weighted by atomic mass is 32.2. The van der Waals surface area contributed by atoms with Gasteiger partial charge in [0.15, 0.2) is 5.16 Å². The second-order valence-corrected chi connectivity index (χ2v) is 7.42. The van der Waals surface area contributed by atoms with Crippen LogP contribution in [-0.4, -0.2) is 31.1 Å². The van der Waals surface area contributed by atoms with Gasteiger partial charge in [-0.25, -0.2) is 4.98 Å². The zero-order valence-corrected chi connectivity index (χ0v) is 16.7. The lowest BCUT2D eigenvalue weighted by Gasteiger charge is -2.10. The number of nitro benzene ring substituents is 1. The Kier molecular flexibility index (Phi) is 5.23. The number of hydrogen-bond donors (Lipinski definition) is 2. The molecule has 0 radical (unpaired) electrons. The highest BCUT2D eigenvalue weighted by Gasteiger charge is 2.16. The molecule has 0 aliphatic carbocycles. The van der Waals surface area contributed by atoms with Crippen LogP contribution >= 0.6 is 11.8 Å². The molecule has 4 rings (SSSR count). The number of nitrogens with one attached hydrogen (secondary N) is 2. The molecule has 4 aromatic rings. The summed E-state index contributed by atoms with van der Waals surface area (Å²) in [5.74, 6) is -0.348. The predicted octanol–water partition coefficient (Wildman–Crippen LogP) is 3.54. The van der Waals surface area contributed by atoms with E-state index >= 15 is 0 Å². The number of H-pyrrole nitrogens is 1. The average Bonchev–Trinajstić information content (AvgIpc) is 3.11. The van der Waals surface area contributed by atoms with Crippen LogP contribution in [0.1, 0.15) is 6.92 Å². The van der Waals surface area contributed by atoms with E-state index in [-0.39, 0.29) is 22.9 Å². The third-order valence-corrected chi connectivity index (χ3v) is 5.54. The van der Waals surface area contributed by atoms with E-state index in [9.17, 15) is 19.7 Å². The summed E-state index contributed by atoms with van der Waals surface area (Å²) in [5, 5.41) is 14.8. The molecule has 2 aromatic heterocycles. The van der Waals surface area contributed by atoms with Crippen LogP contribution in [0.3, 0.4) is 0 Å². The van der Waals surface area contributed by atoms with Crippen LogP contribution in [0.25, 0.3) is 21.9 Å². The lowest BCUT2D eigenvalue weighted by Crippen LogP contribution is -2.23. The standard InChI is InChI=1S/C20H17N5O4S/c1-2-24-19(27)18-17(14-8-3-4-9-15(14)22-18)23-20(24)30-11-16(26)21-12-6-5-7-13(10-12)25(28)29/h3-10,22H,2,11H2,1H3,(H,21,26). The van der Waals surface area contributed by atoms with Gasteiger partial charge in [0.05, 0.1) is 10.7 Å². The minimum absolute atomic E-state index is 0.00297. The summed E-state index contributed by atoms with van der Waals surface area (Å²) in [5.41, 5.74) is 1.87. The molecular formula is C20H17N5O4S. The Morgan fingerprint density at radius 2 is 2.07 bits per heavy atom. The van der Waals surface area contributed by atoms with Crippen molar-refractivity contribution in [3.63, 3.8) is 0 Å². The van der Waals surface area contributed by atoms with Crippen molar-refractivity contribution in [3.05, 3.63) is 69.0 Å². The Hall–Kier alpha value is -3.66. The van der Waals surface area contributed by atoms with Crippen LogP contribution in [0.5, 0.6) is 0 Å². The van der Waals surface area contributed by atoms with Crippen LogP contribution in [0.4, 0.5) is 11.4 Å². The Morgan fingerprint density at radius 3 is 2.83 bits per heavy atom. The van der Waals surface area contributed by atoms with Gasteiger partial charge >= 0.3 is 0 Å². The van der Waals surface area contributed by atoms with Crippen molar-refractivity contribution in [1.82, 2.24) is 14.5 Å². The highest BCUT2D eigenvalue weighted by Crippen LogP contribution is 2.25. The third kappa shape index (κ3) is 3.64. The largest absolute Gasteiger partial charge is 0.349 e. The third-order valence-electron chi connectivity index (χ3n) is 4.57. The Bertz CT molecular complexity index is 1340. The number of rotatable bonds is 6. The highest BCUT2D eigenvalue weighted by molar-refractivity contribution is 7.99. The summed E-state index contributed by atoms with van der Waals surface area (Å²) in [6.07, 6.45) is 0. The lowest BCUT2D eigenvalue weighted by molar-refractivity contribution is -0.384. The SMILES string of the molecule is CCn1c(SCC(=O)Nc2cccc([N+](=O)[O-])c2)nc2c([nH]c3ccccc32)c1=O. The van der Waals surface area contributed by atoms with Gasteiger partial charge in [-0.2, -0.15) is 0 Å². The van der Waals surface area contributed by atoms with Crippen molar-refractivity contribution in [1.29, 1.82) is 0 Å². The van der Waals surface area contributed by atoms with Gasteiger partial charge in [0.2, 0.25) is 5.91 Å². The maximum atomic E-state index is 12.9. The molecule has 0 saturated heterocycles. The van der Waals surface area contributed by atoms with Gasteiger partial charge in [-0.1, -0.05) is 36.0 Å². The van der Waals surface area contributed by atoms with E-state index in [1.807, 2.05) is 31.2 Å². The zero-order valence-electron chi connectivity index (χ0n) is 15.9. The number of carbonyl (C=O) groups excluding carboxylic acids is 1.